The van der Waals surface area contributed by atoms with Crippen molar-refractivity contribution in [3.05, 3.63) is 58.8 Å². The van der Waals surface area contributed by atoms with Crippen LogP contribution in [0, 0.1) is 5.82 Å². The number of hydrogen-bond donors (Lipinski definition) is 1. The maximum atomic E-state index is 14.0. The van der Waals surface area contributed by atoms with E-state index >= 15 is 0 Å². The zero-order valence-corrected chi connectivity index (χ0v) is 12.3. The van der Waals surface area contributed by atoms with Gasteiger partial charge < -0.3 is 9.73 Å². The Hall–Kier alpha value is -1.32. The van der Waals surface area contributed by atoms with Crippen LogP contribution in [0.15, 0.2) is 41.0 Å². The number of hydrogen-bond acceptors (Lipinski definition) is 2. The fraction of sp³-hybridized carbons (Fsp3) is 0.375. The van der Waals surface area contributed by atoms with Gasteiger partial charge in [-0.1, -0.05) is 24.6 Å². The normalized spacial score (nSPS) is 12.6. The van der Waals surface area contributed by atoms with E-state index in [1.807, 2.05) is 12.1 Å². The van der Waals surface area contributed by atoms with Crippen molar-refractivity contribution >= 4 is 11.6 Å². The monoisotopic (exact) mass is 295 g/mol. The highest BCUT2D eigenvalue weighted by atomic mass is 35.5. The highest BCUT2D eigenvalue weighted by molar-refractivity contribution is 6.30. The van der Waals surface area contributed by atoms with Crippen LogP contribution >= 0.6 is 11.6 Å². The number of halogens is 2. The molecular weight excluding hydrogens is 277 g/mol. The molecule has 0 saturated heterocycles. The van der Waals surface area contributed by atoms with Crippen LogP contribution in [-0.4, -0.2) is 6.54 Å². The average molecular weight is 296 g/mol. The van der Waals surface area contributed by atoms with E-state index in [0.29, 0.717) is 10.6 Å². The lowest BCUT2D eigenvalue weighted by molar-refractivity contribution is 0.440. The Labute approximate surface area is 123 Å². The van der Waals surface area contributed by atoms with Gasteiger partial charge in [0.15, 0.2) is 0 Å². The average Bonchev–Trinajstić information content (AvgIpc) is 2.93. The molecule has 0 aliphatic heterocycles. The Kier molecular flexibility index (Phi) is 5.62. The summed E-state index contributed by atoms with van der Waals surface area (Å²) in [4.78, 5) is 0. The van der Waals surface area contributed by atoms with E-state index in [4.69, 9.17) is 16.0 Å². The van der Waals surface area contributed by atoms with Crippen LogP contribution < -0.4 is 5.32 Å². The van der Waals surface area contributed by atoms with Gasteiger partial charge in [0, 0.05) is 23.0 Å². The summed E-state index contributed by atoms with van der Waals surface area (Å²) in [6, 6.07) is 8.63. The second-order valence-corrected chi connectivity index (χ2v) is 5.23. The third kappa shape index (κ3) is 4.09. The molecule has 108 valence electrons. The molecule has 4 heteroatoms. The predicted octanol–water partition coefficient (Wildman–Crippen LogP) is 4.75. The van der Waals surface area contributed by atoms with Gasteiger partial charge in [-0.2, -0.15) is 0 Å². The van der Waals surface area contributed by atoms with Crippen LogP contribution in [0.1, 0.15) is 37.1 Å². The van der Waals surface area contributed by atoms with Crippen molar-refractivity contribution in [2.45, 2.75) is 32.2 Å². The van der Waals surface area contributed by atoms with Crippen LogP contribution in [0.25, 0.3) is 0 Å². The molecule has 1 aromatic heterocycles. The maximum Gasteiger partial charge on any atom is 0.129 e. The summed E-state index contributed by atoms with van der Waals surface area (Å²) in [6.07, 6.45) is 4.22. The maximum absolute atomic E-state index is 14.0. The molecule has 1 heterocycles. The zero-order chi connectivity index (χ0) is 14.4. The summed E-state index contributed by atoms with van der Waals surface area (Å²) < 4.78 is 19.4. The lowest BCUT2D eigenvalue weighted by Crippen LogP contribution is -2.23. The topological polar surface area (TPSA) is 25.2 Å². The van der Waals surface area contributed by atoms with Crippen LogP contribution in [0.4, 0.5) is 4.39 Å². The number of benzene rings is 1. The largest absolute Gasteiger partial charge is 0.469 e. The summed E-state index contributed by atoms with van der Waals surface area (Å²) >= 11 is 5.81. The first-order chi connectivity index (χ1) is 9.70. The Morgan fingerprint density at radius 2 is 2.20 bits per heavy atom. The van der Waals surface area contributed by atoms with Crippen molar-refractivity contribution in [3.8, 4) is 0 Å². The zero-order valence-electron chi connectivity index (χ0n) is 11.5. The van der Waals surface area contributed by atoms with E-state index in [1.165, 1.54) is 6.07 Å². The molecule has 20 heavy (non-hydrogen) atoms. The summed E-state index contributed by atoms with van der Waals surface area (Å²) in [6.45, 7) is 2.94. The van der Waals surface area contributed by atoms with Gasteiger partial charge in [-0.3, -0.25) is 0 Å². The highest BCUT2D eigenvalue weighted by Crippen LogP contribution is 2.24. The van der Waals surface area contributed by atoms with Crippen molar-refractivity contribution in [3.63, 3.8) is 0 Å². The molecule has 0 amide bonds. The molecule has 0 fully saturated rings. The van der Waals surface area contributed by atoms with Gasteiger partial charge in [-0.25, -0.2) is 4.39 Å². The Morgan fingerprint density at radius 3 is 2.85 bits per heavy atom. The molecule has 0 radical (unpaired) electrons. The smallest absolute Gasteiger partial charge is 0.129 e. The summed E-state index contributed by atoms with van der Waals surface area (Å²) in [5, 5.41) is 3.81. The van der Waals surface area contributed by atoms with Crippen molar-refractivity contribution < 1.29 is 8.81 Å². The molecule has 2 rings (SSSR count). The molecule has 1 aromatic carbocycles. The second-order valence-electron chi connectivity index (χ2n) is 4.79. The quantitative estimate of drug-likeness (QED) is 0.798. The Balaban J connectivity index is 2.09. The van der Waals surface area contributed by atoms with Gasteiger partial charge in [0.2, 0.25) is 0 Å². The molecule has 0 spiro atoms. The number of nitrogens with one attached hydrogen (secondary N) is 1. The predicted molar refractivity (Wildman–Crippen MR) is 79.5 cm³/mol. The summed E-state index contributed by atoms with van der Waals surface area (Å²) in [5.74, 6) is 0.660. The fourth-order valence-electron chi connectivity index (χ4n) is 2.21. The minimum absolute atomic E-state index is 0.0303. The van der Waals surface area contributed by atoms with Crippen molar-refractivity contribution in [2.75, 3.05) is 6.54 Å². The van der Waals surface area contributed by atoms with Crippen molar-refractivity contribution in [1.82, 2.24) is 5.32 Å². The third-order valence-electron chi connectivity index (χ3n) is 3.24. The van der Waals surface area contributed by atoms with Gasteiger partial charge in [-0.15, -0.1) is 0 Å². The molecule has 1 unspecified atom stereocenters. The van der Waals surface area contributed by atoms with E-state index < -0.39 is 0 Å². The van der Waals surface area contributed by atoms with Gasteiger partial charge in [0.25, 0.3) is 0 Å². The molecule has 1 atom stereocenters. The second kappa shape index (κ2) is 7.46. The number of furan rings is 1. The number of rotatable bonds is 7. The van der Waals surface area contributed by atoms with E-state index in [0.717, 1.165) is 31.6 Å². The van der Waals surface area contributed by atoms with Crippen LogP contribution in [0.2, 0.25) is 5.02 Å². The summed E-state index contributed by atoms with van der Waals surface area (Å²) in [7, 11) is 0. The lowest BCUT2D eigenvalue weighted by Gasteiger charge is -2.19. The standard InChI is InChI=1S/C16H19ClFNO/c1-2-9-19-16(8-6-13-4-3-10-20-13)14-7-5-12(17)11-15(14)18/h3-5,7,10-11,16,19H,2,6,8-9H2,1H3. The van der Waals surface area contributed by atoms with Gasteiger partial charge >= 0.3 is 0 Å². The van der Waals surface area contributed by atoms with Crippen LogP contribution in [0.3, 0.4) is 0 Å². The first-order valence-corrected chi connectivity index (χ1v) is 7.29. The first kappa shape index (κ1) is 15.1. The molecule has 0 aliphatic rings. The third-order valence-corrected chi connectivity index (χ3v) is 3.47. The Bertz CT molecular complexity index is 527. The van der Waals surface area contributed by atoms with Crippen LogP contribution in [-0.2, 0) is 6.42 Å². The molecule has 1 N–H and O–H groups in total. The van der Waals surface area contributed by atoms with E-state index in [1.54, 1.807) is 18.4 Å². The molecule has 2 nitrogen and oxygen atoms in total. The molecule has 2 aromatic rings. The highest BCUT2D eigenvalue weighted by Gasteiger charge is 2.16. The van der Waals surface area contributed by atoms with Gasteiger partial charge in [0.05, 0.1) is 6.26 Å². The molecule has 0 saturated carbocycles. The van der Waals surface area contributed by atoms with Crippen LogP contribution in [0.5, 0.6) is 0 Å². The molecule has 0 bridgehead atoms. The fourth-order valence-corrected chi connectivity index (χ4v) is 2.37. The van der Waals surface area contributed by atoms with E-state index in [9.17, 15) is 4.39 Å². The van der Waals surface area contributed by atoms with Gasteiger partial charge in [0.1, 0.15) is 11.6 Å². The SMILES string of the molecule is CCCNC(CCc1ccco1)c1ccc(Cl)cc1F. The minimum atomic E-state index is -0.259. The minimum Gasteiger partial charge on any atom is -0.469 e. The van der Waals surface area contributed by atoms with Crippen molar-refractivity contribution in [1.29, 1.82) is 0 Å². The van der Waals surface area contributed by atoms with E-state index in [-0.39, 0.29) is 11.9 Å². The van der Waals surface area contributed by atoms with Crippen molar-refractivity contribution in [2.24, 2.45) is 0 Å². The lowest BCUT2D eigenvalue weighted by atomic mass is 10.0. The first-order valence-electron chi connectivity index (χ1n) is 6.91. The summed E-state index contributed by atoms with van der Waals surface area (Å²) in [5.41, 5.74) is 0.661. The number of aryl methyl sites for hydroxylation is 1. The molecular formula is C16H19ClFNO. The van der Waals surface area contributed by atoms with Gasteiger partial charge in [-0.05, 0) is 43.7 Å². The van der Waals surface area contributed by atoms with E-state index in [2.05, 4.69) is 12.2 Å². The Morgan fingerprint density at radius 1 is 1.35 bits per heavy atom. The molecule has 0 aliphatic carbocycles.